The standard InChI is InChI=1S/C14H9BrF3NO2/c1-21-8-2-3-12(15)9(6-8)13(20)10-7-19-5-4-11(10)14(16,17)18/h2-7H,1H3. The van der Waals surface area contributed by atoms with Gasteiger partial charge in [-0.05, 0) is 24.3 Å². The molecular weight excluding hydrogens is 351 g/mol. The molecule has 0 spiro atoms. The molecule has 1 aromatic heterocycles. The van der Waals surface area contributed by atoms with Crippen LogP contribution in [0.1, 0.15) is 21.5 Å². The van der Waals surface area contributed by atoms with E-state index in [2.05, 4.69) is 20.9 Å². The molecule has 0 radical (unpaired) electrons. The Morgan fingerprint density at radius 2 is 1.95 bits per heavy atom. The van der Waals surface area contributed by atoms with Gasteiger partial charge in [0.2, 0.25) is 0 Å². The number of rotatable bonds is 3. The first-order valence-electron chi connectivity index (χ1n) is 5.74. The Bertz CT molecular complexity index is 686. The Labute approximate surface area is 126 Å². The number of pyridine rings is 1. The summed E-state index contributed by atoms with van der Waals surface area (Å²) in [6.07, 6.45) is -2.71. The van der Waals surface area contributed by atoms with Crippen LogP contribution in [-0.4, -0.2) is 17.9 Å². The fourth-order valence-electron chi connectivity index (χ4n) is 1.77. The fourth-order valence-corrected chi connectivity index (χ4v) is 2.20. The van der Waals surface area contributed by atoms with Crippen LogP contribution >= 0.6 is 15.9 Å². The van der Waals surface area contributed by atoms with Crippen LogP contribution in [0.2, 0.25) is 0 Å². The summed E-state index contributed by atoms with van der Waals surface area (Å²) in [5.41, 5.74) is -1.44. The molecule has 0 fully saturated rings. The van der Waals surface area contributed by atoms with Crippen LogP contribution in [-0.2, 0) is 6.18 Å². The molecule has 0 aliphatic rings. The van der Waals surface area contributed by atoms with Gasteiger partial charge >= 0.3 is 6.18 Å². The number of benzene rings is 1. The molecule has 1 aromatic carbocycles. The van der Waals surface area contributed by atoms with Crippen LogP contribution in [0.4, 0.5) is 13.2 Å². The number of hydrogen-bond donors (Lipinski definition) is 0. The van der Waals surface area contributed by atoms with Crippen molar-refractivity contribution in [2.45, 2.75) is 6.18 Å². The number of methoxy groups -OCH3 is 1. The Morgan fingerprint density at radius 1 is 1.24 bits per heavy atom. The third-order valence-electron chi connectivity index (χ3n) is 2.79. The predicted octanol–water partition coefficient (Wildman–Crippen LogP) is 4.10. The normalized spacial score (nSPS) is 11.3. The minimum absolute atomic E-state index is 0.0767. The smallest absolute Gasteiger partial charge is 0.417 e. The molecule has 7 heteroatoms. The molecular formula is C14H9BrF3NO2. The van der Waals surface area contributed by atoms with Gasteiger partial charge in [-0.1, -0.05) is 15.9 Å². The average molecular weight is 360 g/mol. The molecule has 110 valence electrons. The van der Waals surface area contributed by atoms with Crippen molar-refractivity contribution in [3.05, 3.63) is 57.8 Å². The van der Waals surface area contributed by atoms with Crippen LogP contribution in [0.15, 0.2) is 41.1 Å². The minimum atomic E-state index is -4.63. The Kier molecular flexibility index (Phi) is 4.32. The van der Waals surface area contributed by atoms with Gasteiger partial charge in [0.05, 0.1) is 18.2 Å². The number of carbonyl (C=O) groups excluding carboxylic acids is 1. The number of nitrogens with zero attached hydrogens (tertiary/aromatic N) is 1. The predicted molar refractivity (Wildman–Crippen MR) is 73.4 cm³/mol. The molecule has 3 nitrogen and oxygen atoms in total. The van der Waals surface area contributed by atoms with Gasteiger partial charge in [0.1, 0.15) is 5.75 Å². The number of halogens is 4. The van der Waals surface area contributed by atoms with Crippen LogP contribution < -0.4 is 4.74 Å². The van der Waals surface area contributed by atoms with Gasteiger partial charge in [-0.3, -0.25) is 9.78 Å². The Balaban J connectivity index is 2.56. The van der Waals surface area contributed by atoms with Crippen molar-refractivity contribution in [1.29, 1.82) is 0 Å². The summed E-state index contributed by atoms with van der Waals surface area (Å²) < 4.78 is 44.2. The maximum absolute atomic E-state index is 13.0. The van der Waals surface area contributed by atoms with Crippen molar-refractivity contribution in [3.8, 4) is 5.75 Å². The van der Waals surface area contributed by atoms with E-state index in [0.717, 1.165) is 18.5 Å². The second-order valence-corrected chi connectivity index (χ2v) is 4.95. The van der Waals surface area contributed by atoms with Crippen molar-refractivity contribution in [3.63, 3.8) is 0 Å². The lowest BCUT2D eigenvalue weighted by Crippen LogP contribution is -2.14. The van der Waals surface area contributed by atoms with E-state index in [0.29, 0.717) is 10.2 Å². The largest absolute Gasteiger partial charge is 0.497 e. The highest BCUT2D eigenvalue weighted by atomic mass is 79.9. The van der Waals surface area contributed by atoms with Crippen LogP contribution in [0.5, 0.6) is 5.75 Å². The summed E-state index contributed by atoms with van der Waals surface area (Å²) in [5, 5.41) is 0. The molecule has 0 unspecified atom stereocenters. The lowest BCUT2D eigenvalue weighted by Gasteiger charge is -2.12. The molecule has 2 rings (SSSR count). The maximum atomic E-state index is 13.0. The van der Waals surface area contributed by atoms with E-state index < -0.39 is 23.1 Å². The SMILES string of the molecule is COc1ccc(Br)c(C(=O)c2cnccc2C(F)(F)F)c1. The molecule has 1 heterocycles. The van der Waals surface area contributed by atoms with Crippen molar-refractivity contribution < 1.29 is 22.7 Å². The zero-order valence-electron chi connectivity index (χ0n) is 10.7. The monoisotopic (exact) mass is 359 g/mol. The summed E-state index contributed by atoms with van der Waals surface area (Å²) in [6.45, 7) is 0. The lowest BCUT2D eigenvalue weighted by molar-refractivity contribution is -0.137. The number of hydrogen-bond acceptors (Lipinski definition) is 3. The van der Waals surface area contributed by atoms with Gasteiger partial charge in [0.15, 0.2) is 5.78 Å². The maximum Gasteiger partial charge on any atom is 0.417 e. The highest BCUT2D eigenvalue weighted by Crippen LogP contribution is 2.33. The second kappa shape index (κ2) is 5.85. The molecule has 0 aliphatic heterocycles. The van der Waals surface area contributed by atoms with Gasteiger partial charge in [-0.25, -0.2) is 0 Å². The summed E-state index contributed by atoms with van der Waals surface area (Å²) >= 11 is 3.15. The van der Waals surface area contributed by atoms with E-state index in [1.807, 2.05) is 0 Å². The zero-order valence-corrected chi connectivity index (χ0v) is 12.3. The number of alkyl halides is 3. The van der Waals surface area contributed by atoms with Gasteiger partial charge in [0.25, 0.3) is 0 Å². The third-order valence-corrected chi connectivity index (χ3v) is 3.48. The first-order valence-corrected chi connectivity index (χ1v) is 6.53. The highest BCUT2D eigenvalue weighted by Gasteiger charge is 2.35. The van der Waals surface area contributed by atoms with Gasteiger partial charge < -0.3 is 4.74 Å². The number of ketones is 1. The Morgan fingerprint density at radius 3 is 2.57 bits per heavy atom. The summed E-state index contributed by atoms with van der Waals surface area (Å²) in [4.78, 5) is 16.0. The number of aromatic nitrogens is 1. The van der Waals surface area contributed by atoms with Crippen LogP contribution in [0.3, 0.4) is 0 Å². The lowest BCUT2D eigenvalue weighted by atomic mass is 10.00. The molecule has 0 saturated heterocycles. The van der Waals surface area contributed by atoms with Crippen molar-refractivity contribution in [2.24, 2.45) is 0 Å². The molecule has 0 bridgehead atoms. The average Bonchev–Trinajstić information content (AvgIpc) is 2.46. The fraction of sp³-hybridized carbons (Fsp3) is 0.143. The van der Waals surface area contributed by atoms with Crippen LogP contribution in [0.25, 0.3) is 0 Å². The van der Waals surface area contributed by atoms with E-state index >= 15 is 0 Å². The second-order valence-electron chi connectivity index (χ2n) is 4.09. The van der Waals surface area contributed by atoms with E-state index in [9.17, 15) is 18.0 Å². The van der Waals surface area contributed by atoms with Crippen LogP contribution in [0, 0.1) is 0 Å². The Hall–Kier alpha value is -1.89. The summed E-state index contributed by atoms with van der Waals surface area (Å²) in [7, 11) is 1.41. The molecule has 0 aliphatic carbocycles. The van der Waals surface area contributed by atoms with Gasteiger partial charge in [0, 0.05) is 22.4 Å². The molecule has 21 heavy (non-hydrogen) atoms. The van der Waals surface area contributed by atoms with E-state index in [-0.39, 0.29) is 5.56 Å². The van der Waals surface area contributed by atoms with Crippen molar-refractivity contribution in [2.75, 3.05) is 7.11 Å². The summed E-state index contributed by atoms with van der Waals surface area (Å²) in [5.74, 6) is -0.403. The molecule has 0 saturated carbocycles. The quantitative estimate of drug-likeness (QED) is 0.774. The molecule has 0 atom stereocenters. The van der Waals surface area contributed by atoms with E-state index in [1.54, 1.807) is 6.07 Å². The highest BCUT2D eigenvalue weighted by molar-refractivity contribution is 9.10. The van der Waals surface area contributed by atoms with Crippen molar-refractivity contribution in [1.82, 2.24) is 4.98 Å². The number of ether oxygens (including phenoxy) is 1. The number of carbonyl (C=O) groups is 1. The minimum Gasteiger partial charge on any atom is -0.497 e. The third kappa shape index (κ3) is 3.24. The van der Waals surface area contributed by atoms with E-state index in [1.165, 1.54) is 19.2 Å². The molecule has 0 N–H and O–H groups in total. The molecule has 2 aromatic rings. The van der Waals surface area contributed by atoms with Crippen molar-refractivity contribution >= 4 is 21.7 Å². The topological polar surface area (TPSA) is 39.2 Å². The first-order chi connectivity index (χ1) is 9.84. The first kappa shape index (κ1) is 15.5. The molecule has 0 amide bonds. The van der Waals surface area contributed by atoms with E-state index in [4.69, 9.17) is 4.74 Å². The van der Waals surface area contributed by atoms with Gasteiger partial charge in [-0.2, -0.15) is 13.2 Å². The zero-order chi connectivity index (χ0) is 15.6. The summed E-state index contributed by atoms with van der Waals surface area (Å²) in [6, 6.07) is 5.28. The van der Waals surface area contributed by atoms with Gasteiger partial charge in [-0.15, -0.1) is 0 Å².